The number of pyridine rings is 1. The number of nitrogens with zero attached hydrogens (tertiary/aromatic N) is 2. The zero-order valence-corrected chi connectivity index (χ0v) is 17.3. The largest absolute Gasteiger partial charge is 0.497 e. The van der Waals surface area contributed by atoms with Gasteiger partial charge in [0.1, 0.15) is 22.9 Å². The number of carbonyl (C=O) groups excluding carboxylic acids is 1. The SMILES string of the molecule is COc1ccc(-c2nc3cc(C)ccn3c2NC(=O)c2ccc(Cl)c(Cl)c2)cc1. The standard InChI is InChI=1S/C22H17Cl2N3O2/c1-13-9-10-27-19(11-13)25-20(14-3-6-16(29-2)7-4-14)21(27)26-22(28)15-5-8-17(23)18(24)12-15/h3-12H,1-2H3,(H,26,28). The average Bonchev–Trinajstić information content (AvgIpc) is 3.07. The van der Waals surface area contributed by atoms with Gasteiger partial charge in [-0.05, 0) is 67.1 Å². The van der Waals surface area contributed by atoms with Crippen molar-refractivity contribution in [3.63, 3.8) is 0 Å². The van der Waals surface area contributed by atoms with E-state index in [1.54, 1.807) is 25.3 Å². The van der Waals surface area contributed by atoms with E-state index in [-0.39, 0.29) is 5.91 Å². The van der Waals surface area contributed by atoms with Gasteiger partial charge in [-0.1, -0.05) is 23.2 Å². The van der Waals surface area contributed by atoms with Crippen LogP contribution in [0.3, 0.4) is 0 Å². The van der Waals surface area contributed by atoms with Gasteiger partial charge in [0.15, 0.2) is 0 Å². The van der Waals surface area contributed by atoms with Gasteiger partial charge >= 0.3 is 0 Å². The van der Waals surface area contributed by atoms with Crippen molar-refractivity contribution in [2.45, 2.75) is 6.92 Å². The molecule has 0 spiro atoms. The number of anilines is 1. The maximum atomic E-state index is 12.9. The molecule has 146 valence electrons. The third-order valence-electron chi connectivity index (χ3n) is 4.56. The van der Waals surface area contributed by atoms with Gasteiger partial charge < -0.3 is 10.1 Å². The Hall–Kier alpha value is -3.02. The monoisotopic (exact) mass is 425 g/mol. The lowest BCUT2D eigenvalue weighted by molar-refractivity contribution is 0.102. The van der Waals surface area contributed by atoms with E-state index in [9.17, 15) is 4.79 Å². The Morgan fingerprint density at radius 2 is 1.79 bits per heavy atom. The topological polar surface area (TPSA) is 55.6 Å². The van der Waals surface area contributed by atoms with Gasteiger partial charge in [0, 0.05) is 17.3 Å². The number of benzene rings is 2. The Morgan fingerprint density at radius 3 is 2.48 bits per heavy atom. The van der Waals surface area contributed by atoms with Gasteiger partial charge in [0.2, 0.25) is 0 Å². The van der Waals surface area contributed by atoms with Crippen LogP contribution in [0.15, 0.2) is 60.8 Å². The van der Waals surface area contributed by atoms with Crippen molar-refractivity contribution in [3.8, 4) is 17.0 Å². The molecule has 29 heavy (non-hydrogen) atoms. The maximum absolute atomic E-state index is 12.9. The second-order valence-electron chi connectivity index (χ2n) is 6.55. The summed E-state index contributed by atoms with van der Waals surface area (Å²) in [5, 5.41) is 3.69. The van der Waals surface area contributed by atoms with Crippen LogP contribution in [0.25, 0.3) is 16.9 Å². The van der Waals surface area contributed by atoms with Gasteiger partial charge in [0.25, 0.3) is 5.91 Å². The fourth-order valence-electron chi connectivity index (χ4n) is 3.03. The molecule has 0 radical (unpaired) electrons. The summed E-state index contributed by atoms with van der Waals surface area (Å²) in [6.45, 7) is 2.00. The third-order valence-corrected chi connectivity index (χ3v) is 5.30. The zero-order valence-electron chi connectivity index (χ0n) is 15.7. The minimum absolute atomic E-state index is 0.305. The molecule has 7 heteroatoms. The Balaban J connectivity index is 1.80. The van der Waals surface area contributed by atoms with E-state index in [1.807, 2.05) is 53.9 Å². The number of halogens is 2. The van der Waals surface area contributed by atoms with Crippen molar-refractivity contribution in [1.82, 2.24) is 9.38 Å². The smallest absolute Gasteiger partial charge is 0.256 e. The predicted octanol–water partition coefficient (Wildman–Crippen LogP) is 5.88. The van der Waals surface area contributed by atoms with E-state index in [0.717, 1.165) is 22.5 Å². The number of rotatable bonds is 4. The average molecular weight is 426 g/mol. The number of methoxy groups -OCH3 is 1. The molecular formula is C22H17Cl2N3O2. The van der Waals surface area contributed by atoms with E-state index in [2.05, 4.69) is 5.32 Å². The van der Waals surface area contributed by atoms with Gasteiger partial charge in [-0.2, -0.15) is 0 Å². The lowest BCUT2D eigenvalue weighted by Gasteiger charge is -2.09. The minimum atomic E-state index is -0.305. The Morgan fingerprint density at radius 1 is 1.03 bits per heavy atom. The summed E-state index contributed by atoms with van der Waals surface area (Å²) in [7, 11) is 1.62. The highest BCUT2D eigenvalue weighted by Crippen LogP contribution is 2.31. The van der Waals surface area contributed by atoms with Crippen molar-refractivity contribution >= 4 is 40.6 Å². The Labute approximate surface area is 177 Å². The number of hydrogen-bond donors (Lipinski definition) is 1. The van der Waals surface area contributed by atoms with Crippen LogP contribution >= 0.6 is 23.2 Å². The molecule has 1 amide bonds. The number of fused-ring (bicyclic) bond motifs is 1. The van der Waals surface area contributed by atoms with Crippen LogP contribution in [0.1, 0.15) is 15.9 Å². The van der Waals surface area contributed by atoms with Crippen LogP contribution in [0.2, 0.25) is 10.0 Å². The van der Waals surface area contributed by atoms with Crippen molar-refractivity contribution in [3.05, 3.63) is 82.0 Å². The highest BCUT2D eigenvalue weighted by Gasteiger charge is 2.18. The van der Waals surface area contributed by atoms with Crippen molar-refractivity contribution in [2.75, 3.05) is 12.4 Å². The summed E-state index contributed by atoms with van der Waals surface area (Å²) in [5.74, 6) is 1.01. The molecule has 2 heterocycles. The minimum Gasteiger partial charge on any atom is -0.497 e. The Kier molecular flexibility index (Phi) is 5.18. The summed E-state index contributed by atoms with van der Waals surface area (Å²) in [6.07, 6.45) is 1.88. The molecule has 4 rings (SSSR count). The summed E-state index contributed by atoms with van der Waals surface area (Å²) in [6, 6.07) is 16.2. The molecule has 0 aliphatic carbocycles. The van der Waals surface area contributed by atoms with Crippen LogP contribution < -0.4 is 10.1 Å². The molecule has 0 atom stereocenters. The van der Waals surface area contributed by atoms with Crippen LogP contribution in [0.4, 0.5) is 5.82 Å². The molecule has 2 aromatic heterocycles. The fourth-order valence-corrected chi connectivity index (χ4v) is 3.33. The second kappa shape index (κ2) is 7.78. The lowest BCUT2D eigenvalue weighted by Crippen LogP contribution is -2.14. The van der Waals surface area contributed by atoms with Gasteiger partial charge in [0.05, 0.1) is 17.2 Å². The number of amides is 1. The summed E-state index contributed by atoms with van der Waals surface area (Å²) < 4.78 is 7.08. The third kappa shape index (κ3) is 3.79. The molecule has 0 unspecified atom stereocenters. The number of carbonyl (C=O) groups is 1. The molecule has 0 aliphatic heterocycles. The van der Waals surface area contributed by atoms with Gasteiger partial charge in [-0.3, -0.25) is 9.20 Å². The first-order valence-electron chi connectivity index (χ1n) is 8.86. The van der Waals surface area contributed by atoms with Crippen LogP contribution in [-0.4, -0.2) is 22.4 Å². The number of nitrogens with one attached hydrogen (secondary N) is 1. The Bertz CT molecular complexity index is 1220. The second-order valence-corrected chi connectivity index (χ2v) is 7.37. The van der Waals surface area contributed by atoms with Gasteiger partial charge in [-0.25, -0.2) is 4.98 Å². The highest BCUT2D eigenvalue weighted by atomic mass is 35.5. The number of ether oxygens (including phenoxy) is 1. The fraction of sp³-hybridized carbons (Fsp3) is 0.0909. The highest BCUT2D eigenvalue weighted by molar-refractivity contribution is 6.42. The first-order chi connectivity index (χ1) is 14.0. The first kappa shape index (κ1) is 19.3. The summed E-state index contributed by atoms with van der Waals surface area (Å²) in [4.78, 5) is 17.6. The van der Waals surface area contributed by atoms with Gasteiger partial charge in [-0.15, -0.1) is 0 Å². The van der Waals surface area contributed by atoms with Crippen LogP contribution in [0.5, 0.6) is 5.75 Å². The molecule has 1 N–H and O–H groups in total. The molecule has 0 fully saturated rings. The van der Waals surface area contributed by atoms with E-state index in [1.165, 1.54) is 0 Å². The van der Waals surface area contributed by atoms with Crippen LogP contribution in [0, 0.1) is 6.92 Å². The zero-order chi connectivity index (χ0) is 20.5. The molecule has 0 saturated carbocycles. The molecule has 0 bridgehead atoms. The van der Waals surface area contributed by atoms with Crippen molar-refractivity contribution < 1.29 is 9.53 Å². The van der Waals surface area contributed by atoms with E-state index >= 15 is 0 Å². The van der Waals surface area contributed by atoms with E-state index in [4.69, 9.17) is 32.9 Å². The molecular weight excluding hydrogens is 409 g/mol. The van der Waals surface area contributed by atoms with Crippen molar-refractivity contribution in [1.29, 1.82) is 0 Å². The number of aromatic nitrogens is 2. The quantitative estimate of drug-likeness (QED) is 0.444. The molecule has 0 saturated heterocycles. The van der Waals surface area contributed by atoms with Crippen molar-refractivity contribution in [2.24, 2.45) is 0 Å². The lowest BCUT2D eigenvalue weighted by atomic mass is 10.1. The normalized spacial score (nSPS) is 10.9. The number of hydrogen-bond acceptors (Lipinski definition) is 3. The summed E-state index contributed by atoms with van der Waals surface area (Å²) >= 11 is 12.0. The molecule has 5 nitrogen and oxygen atoms in total. The molecule has 0 aliphatic rings. The number of aryl methyl sites for hydroxylation is 1. The summed E-state index contributed by atoms with van der Waals surface area (Å²) in [5.41, 5.74) is 3.73. The van der Waals surface area contributed by atoms with E-state index in [0.29, 0.717) is 27.1 Å². The van der Waals surface area contributed by atoms with E-state index < -0.39 is 0 Å². The first-order valence-corrected chi connectivity index (χ1v) is 9.61. The number of imidazole rings is 1. The van der Waals surface area contributed by atoms with Crippen LogP contribution in [-0.2, 0) is 0 Å². The molecule has 2 aromatic carbocycles. The predicted molar refractivity (Wildman–Crippen MR) is 116 cm³/mol. The maximum Gasteiger partial charge on any atom is 0.256 e. The molecule has 4 aromatic rings.